The number of nitrogens with zero attached hydrogens (tertiary/aromatic N) is 1. The molecule has 50 heavy (non-hydrogen) atoms. The van der Waals surface area contributed by atoms with Crippen LogP contribution in [0.25, 0.3) is 0 Å². The lowest BCUT2D eigenvalue weighted by atomic mass is 9.99. The summed E-state index contributed by atoms with van der Waals surface area (Å²) in [5.74, 6) is -1.05. The fraction of sp³-hybridized carbons (Fsp3) is 0.590. The number of unbranched alkanes of at least 4 members (excludes halogenated alkanes) is 5. The first kappa shape index (κ1) is 42.4. The van der Waals surface area contributed by atoms with Crippen LogP contribution in [0.15, 0.2) is 54.6 Å². The van der Waals surface area contributed by atoms with Crippen LogP contribution < -0.4 is 10.6 Å². The second-order valence-corrected chi connectivity index (χ2v) is 15.5. The number of thioether (sulfide) groups is 1. The molecule has 0 heterocycles. The van der Waals surface area contributed by atoms with Crippen LogP contribution in [0.3, 0.4) is 0 Å². The normalized spacial score (nSPS) is 13.4. The Morgan fingerprint density at radius 3 is 1.98 bits per heavy atom. The van der Waals surface area contributed by atoms with E-state index < -0.39 is 53.2 Å². The monoisotopic (exact) mass is 713 g/mol. The van der Waals surface area contributed by atoms with Crippen molar-refractivity contribution < 1.29 is 33.8 Å². The van der Waals surface area contributed by atoms with Gasteiger partial charge in [0, 0.05) is 13.0 Å². The van der Waals surface area contributed by atoms with Gasteiger partial charge < -0.3 is 30.1 Å². The van der Waals surface area contributed by atoms with Crippen molar-refractivity contribution in [2.45, 2.75) is 129 Å². The Labute approximate surface area is 303 Å². The average molecular weight is 714 g/mol. The first-order valence-corrected chi connectivity index (χ1v) is 19.1. The molecule has 3 atom stereocenters. The molecule has 11 heteroatoms. The summed E-state index contributed by atoms with van der Waals surface area (Å²) in [4.78, 5) is 57.2. The molecule has 0 fully saturated rings. The highest BCUT2D eigenvalue weighted by molar-refractivity contribution is 7.98. The third-order valence-electron chi connectivity index (χ3n) is 7.69. The average Bonchev–Trinajstić information content (AvgIpc) is 3.03. The molecule has 0 saturated heterocycles. The number of aromatic hydroxyl groups is 1. The van der Waals surface area contributed by atoms with E-state index >= 15 is 0 Å². The third kappa shape index (κ3) is 15.9. The summed E-state index contributed by atoms with van der Waals surface area (Å²) in [5, 5.41) is 15.8. The standard InChI is InChI=1S/C39H59N3O7S/c1-9-10-11-12-13-17-25-42(35(45)31(24-26-50-8)41-37(47)49-39(5,6)7)33(29-20-22-30(43)23-21-29)34(44)40-32(36(46)48-38(2,3)4)27-28-18-15-14-16-19-28/h14-16,18-23,31-33,43H,9-13,17,24-27H2,1-8H3,(H,40,44)(H,41,47). The minimum absolute atomic E-state index is 0.00172. The fourth-order valence-electron chi connectivity index (χ4n) is 5.37. The topological polar surface area (TPSA) is 134 Å². The van der Waals surface area contributed by atoms with E-state index in [4.69, 9.17) is 9.47 Å². The number of carbonyl (C=O) groups excluding carboxylic acids is 4. The van der Waals surface area contributed by atoms with Gasteiger partial charge in [-0.2, -0.15) is 11.8 Å². The lowest BCUT2D eigenvalue weighted by Crippen LogP contribution is -2.55. The maximum atomic E-state index is 14.6. The number of alkyl carbamates (subject to hydrolysis) is 1. The van der Waals surface area contributed by atoms with Gasteiger partial charge in [-0.25, -0.2) is 9.59 Å². The molecule has 0 aromatic heterocycles. The van der Waals surface area contributed by atoms with Crippen LogP contribution in [0.4, 0.5) is 4.79 Å². The molecule has 0 spiro atoms. The Kier molecular flexibility index (Phi) is 17.7. The highest BCUT2D eigenvalue weighted by Gasteiger charge is 2.38. The van der Waals surface area contributed by atoms with E-state index in [1.165, 1.54) is 28.8 Å². The molecule has 0 saturated carbocycles. The van der Waals surface area contributed by atoms with E-state index in [-0.39, 0.29) is 18.7 Å². The van der Waals surface area contributed by atoms with Crippen molar-refractivity contribution in [1.29, 1.82) is 0 Å². The van der Waals surface area contributed by atoms with Crippen molar-refractivity contribution in [2.24, 2.45) is 0 Å². The molecule has 10 nitrogen and oxygen atoms in total. The first-order valence-electron chi connectivity index (χ1n) is 17.7. The summed E-state index contributed by atoms with van der Waals surface area (Å²) in [6.45, 7) is 12.9. The van der Waals surface area contributed by atoms with Crippen LogP contribution in [-0.4, -0.2) is 75.7 Å². The molecule has 3 unspecified atom stereocenters. The Hall–Kier alpha value is -3.73. The van der Waals surface area contributed by atoms with E-state index in [0.29, 0.717) is 24.2 Å². The Morgan fingerprint density at radius 1 is 0.800 bits per heavy atom. The van der Waals surface area contributed by atoms with Crippen molar-refractivity contribution in [3.8, 4) is 5.75 Å². The number of esters is 1. The van der Waals surface area contributed by atoms with Crippen molar-refractivity contribution >= 4 is 35.6 Å². The molecule has 2 aromatic rings. The first-order chi connectivity index (χ1) is 23.5. The summed E-state index contributed by atoms with van der Waals surface area (Å²) < 4.78 is 11.2. The van der Waals surface area contributed by atoms with E-state index in [0.717, 1.165) is 37.7 Å². The fourth-order valence-corrected chi connectivity index (χ4v) is 5.84. The zero-order chi connectivity index (χ0) is 37.3. The number of carbonyl (C=O) groups is 4. The van der Waals surface area contributed by atoms with Gasteiger partial charge in [0.25, 0.3) is 0 Å². The molecular weight excluding hydrogens is 655 g/mol. The molecular formula is C39H59N3O7S. The van der Waals surface area contributed by atoms with Crippen LogP contribution in [-0.2, 0) is 30.3 Å². The number of ether oxygens (including phenoxy) is 2. The van der Waals surface area contributed by atoms with Gasteiger partial charge >= 0.3 is 12.1 Å². The highest BCUT2D eigenvalue weighted by atomic mass is 32.2. The summed E-state index contributed by atoms with van der Waals surface area (Å²) in [6.07, 6.45) is 7.41. The predicted molar refractivity (Wildman–Crippen MR) is 200 cm³/mol. The van der Waals surface area contributed by atoms with Gasteiger partial charge in [0.1, 0.15) is 35.1 Å². The number of phenols is 1. The van der Waals surface area contributed by atoms with Crippen molar-refractivity contribution in [2.75, 3.05) is 18.6 Å². The van der Waals surface area contributed by atoms with Gasteiger partial charge in [-0.1, -0.05) is 81.5 Å². The van der Waals surface area contributed by atoms with E-state index in [1.54, 1.807) is 53.7 Å². The van der Waals surface area contributed by atoms with Crippen LogP contribution in [0.5, 0.6) is 5.75 Å². The zero-order valence-corrected chi connectivity index (χ0v) is 32.1. The predicted octanol–water partition coefficient (Wildman–Crippen LogP) is 7.34. The Balaban J connectivity index is 2.60. The van der Waals surface area contributed by atoms with Crippen LogP contribution >= 0.6 is 11.8 Å². The number of hydrogen-bond acceptors (Lipinski definition) is 8. The van der Waals surface area contributed by atoms with Gasteiger partial charge in [0.05, 0.1) is 0 Å². The number of nitrogens with one attached hydrogen (secondary N) is 2. The minimum Gasteiger partial charge on any atom is -0.508 e. The molecule has 0 aliphatic carbocycles. The highest BCUT2D eigenvalue weighted by Crippen LogP contribution is 2.27. The summed E-state index contributed by atoms with van der Waals surface area (Å²) >= 11 is 1.54. The lowest BCUT2D eigenvalue weighted by molar-refractivity contribution is -0.159. The molecule has 278 valence electrons. The quantitative estimate of drug-likeness (QED) is 0.102. The molecule has 3 amide bonds. The van der Waals surface area contributed by atoms with E-state index in [1.807, 2.05) is 36.6 Å². The number of benzene rings is 2. The van der Waals surface area contributed by atoms with Gasteiger partial charge in [-0.3, -0.25) is 9.59 Å². The second-order valence-electron chi connectivity index (χ2n) is 14.6. The molecule has 3 N–H and O–H groups in total. The molecule has 0 radical (unpaired) electrons. The van der Waals surface area contributed by atoms with Crippen molar-refractivity contribution in [3.63, 3.8) is 0 Å². The lowest BCUT2D eigenvalue weighted by Gasteiger charge is -2.35. The van der Waals surface area contributed by atoms with Gasteiger partial charge in [-0.15, -0.1) is 0 Å². The SMILES string of the molecule is CCCCCCCCN(C(=O)C(CCSC)NC(=O)OC(C)(C)C)C(C(=O)NC(Cc1ccccc1)C(=O)OC(C)(C)C)c1ccc(O)cc1. The molecule has 2 aromatic carbocycles. The van der Waals surface area contributed by atoms with E-state index in [9.17, 15) is 24.3 Å². The van der Waals surface area contributed by atoms with Crippen LogP contribution in [0, 0.1) is 0 Å². The van der Waals surface area contributed by atoms with Gasteiger partial charge in [0.15, 0.2) is 0 Å². The summed E-state index contributed by atoms with van der Waals surface area (Å²) in [5.41, 5.74) is -0.309. The van der Waals surface area contributed by atoms with Gasteiger partial charge in [0.2, 0.25) is 11.8 Å². The Bertz CT molecular complexity index is 1340. The molecule has 0 aliphatic rings. The Morgan fingerprint density at radius 2 is 1.40 bits per heavy atom. The summed E-state index contributed by atoms with van der Waals surface area (Å²) in [7, 11) is 0. The second kappa shape index (κ2) is 20.8. The van der Waals surface area contributed by atoms with Crippen LogP contribution in [0.2, 0.25) is 0 Å². The third-order valence-corrected chi connectivity index (χ3v) is 8.34. The van der Waals surface area contributed by atoms with E-state index in [2.05, 4.69) is 17.6 Å². The number of hydrogen-bond donors (Lipinski definition) is 3. The molecule has 0 aliphatic heterocycles. The largest absolute Gasteiger partial charge is 0.508 e. The maximum absolute atomic E-state index is 14.6. The maximum Gasteiger partial charge on any atom is 0.408 e. The molecule has 2 rings (SSSR count). The number of rotatable bonds is 19. The minimum atomic E-state index is -1.18. The van der Waals surface area contributed by atoms with Crippen LogP contribution in [0.1, 0.15) is 111 Å². The van der Waals surface area contributed by atoms with Gasteiger partial charge in [-0.05, 0) is 89.7 Å². The smallest absolute Gasteiger partial charge is 0.408 e. The number of phenolic OH excluding ortho intramolecular Hbond substituents is 1. The summed E-state index contributed by atoms with van der Waals surface area (Å²) in [6, 6.07) is 12.2. The number of amides is 3. The van der Waals surface area contributed by atoms with Crippen molar-refractivity contribution in [3.05, 3.63) is 65.7 Å². The van der Waals surface area contributed by atoms with Crippen molar-refractivity contribution in [1.82, 2.24) is 15.5 Å². The zero-order valence-electron chi connectivity index (χ0n) is 31.3. The molecule has 0 bridgehead atoms.